The van der Waals surface area contributed by atoms with Gasteiger partial charge in [0.1, 0.15) is 30.5 Å². The third-order valence-electron chi connectivity index (χ3n) is 8.31. The molecule has 1 fully saturated rings. The maximum Gasteiger partial charge on any atom is 0.310 e. The maximum absolute atomic E-state index is 12.7. The summed E-state index contributed by atoms with van der Waals surface area (Å²) in [7, 11) is 0. The lowest BCUT2D eigenvalue weighted by molar-refractivity contribution is -0.305. The Balaban J connectivity index is 2.41. The standard InChI is InChI=1S/C43H70O9/c1-3-5-7-9-11-13-15-17-19-20-22-24-26-28-30-32-39(45)51-37(36-50-43-42(48)41(47)40(46)38(34-44)52-43)35-49-33-31-29-27-25-23-21-18-16-14-12-10-8-6-4-2/h5,7-8,10-11,13-14,16-17,19,22,24,28,30,37-38,40-44,46-48H,3-4,6,9,12,15,18,20-21,23,25-27,29,31-36H2,1-2H3/b7-5-,10-8-,13-11-,16-14-,19-17-,24-22-,30-28-. The highest BCUT2D eigenvalue weighted by Gasteiger charge is 2.44. The number of rotatable bonds is 31. The average molecular weight is 731 g/mol. The topological polar surface area (TPSA) is 135 Å². The minimum absolute atomic E-state index is 0.0792. The van der Waals surface area contributed by atoms with Gasteiger partial charge in [-0.25, -0.2) is 0 Å². The van der Waals surface area contributed by atoms with Gasteiger partial charge in [0, 0.05) is 6.61 Å². The van der Waals surface area contributed by atoms with Crippen LogP contribution in [0.4, 0.5) is 0 Å². The lowest BCUT2D eigenvalue weighted by Crippen LogP contribution is -2.59. The number of aliphatic hydroxyl groups is 4. The second-order valence-corrected chi connectivity index (χ2v) is 13.0. The van der Waals surface area contributed by atoms with Gasteiger partial charge in [0.05, 0.1) is 26.2 Å². The molecule has 0 radical (unpaired) electrons. The number of unbranched alkanes of at least 4 members (excludes halogenated alkanes) is 7. The molecular formula is C43H70O9. The smallest absolute Gasteiger partial charge is 0.310 e. The Hall–Kier alpha value is -2.63. The maximum atomic E-state index is 12.7. The predicted molar refractivity (Wildman–Crippen MR) is 210 cm³/mol. The van der Waals surface area contributed by atoms with Gasteiger partial charge >= 0.3 is 5.97 Å². The summed E-state index contributed by atoms with van der Waals surface area (Å²) in [5, 5.41) is 40.0. The van der Waals surface area contributed by atoms with Crippen LogP contribution in [-0.2, 0) is 23.7 Å². The molecule has 0 amide bonds. The fourth-order valence-corrected chi connectivity index (χ4v) is 5.25. The van der Waals surface area contributed by atoms with E-state index in [1.54, 1.807) is 6.08 Å². The molecule has 6 atom stereocenters. The Morgan fingerprint density at radius 3 is 1.77 bits per heavy atom. The first kappa shape index (κ1) is 47.4. The zero-order valence-electron chi connectivity index (χ0n) is 32.0. The van der Waals surface area contributed by atoms with E-state index in [9.17, 15) is 25.2 Å². The lowest BCUT2D eigenvalue weighted by atomic mass is 9.99. The van der Waals surface area contributed by atoms with Crippen LogP contribution in [0.2, 0.25) is 0 Å². The van der Waals surface area contributed by atoms with Gasteiger partial charge in [-0.1, -0.05) is 131 Å². The van der Waals surface area contributed by atoms with Gasteiger partial charge in [0.25, 0.3) is 0 Å². The summed E-state index contributed by atoms with van der Waals surface area (Å²) in [6.45, 7) is 4.20. The predicted octanol–water partition coefficient (Wildman–Crippen LogP) is 7.91. The van der Waals surface area contributed by atoms with Crippen molar-refractivity contribution in [2.24, 2.45) is 0 Å². The van der Waals surface area contributed by atoms with Crippen LogP contribution < -0.4 is 0 Å². The molecule has 4 N–H and O–H groups in total. The van der Waals surface area contributed by atoms with Crippen LogP contribution in [0, 0.1) is 0 Å². The zero-order valence-corrected chi connectivity index (χ0v) is 32.0. The summed E-state index contributed by atoms with van der Waals surface area (Å²) in [6, 6.07) is 0. The van der Waals surface area contributed by atoms with E-state index in [2.05, 4.69) is 86.8 Å². The van der Waals surface area contributed by atoms with E-state index in [4.69, 9.17) is 18.9 Å². The van der Waals surface area contributed by atoms with E-state index < -0.39 is 49.4 Å². The highest BCUT2D eigenvalue weighted by Crippen LogP contribution is 2.22. The van der Waals surface area contributed by atoms with Crippen molar-refractivity contribution >= 4 is 5.97 Å². The van der Waals surface area contributed by atoms with Gasteiger partial charge in [-0.3, -0.25) is 4.79 Å². The number of aliphatic hydroxyl groups excluding tert-OH is 4. The first-order valence-corrected chi connectivity index (χ1v) is 19.7. The van der Waals surface area contributed by atoms with Crippen LogP contribution in [0.3, 0.4) is 0 Å². The van der Waals surface area contributed by atoms with Crippen LogP contribution in [0.15, 0.2) is 85.1 Å². The SMILES string of the molecule is CC/C=C\C/C=C\C/C=C\C/C=C\C/C=C\CC(=O)OC(COCCCCCCCC/C=C\C/C=C\CCC)COC1OC(CO)C(O)C(O)C1O. The number of allylic oxidation sites excluding steroid dienone is 13. The molecule has 1 rings (SSSR count). The van der Waals surface area contributed by atoms with Gasteiger partial charge < -0.3 is 39.4 Å². The van der Waals surface area contributed by atoms with Crippen LogP contribution in [0.1, 0.15) is 117 Å². The molecule has 1 heterocycles. The summed E-state index contributed by atoms with van der Waals surface area (Å²) < 4.78 is 22.6. The Bertz CT molecular complexity index is 1060. The van der Waals surface area contributed by atoms with Crippen molar-refractivity contribution in [3.63, 3.8) is 0 Å². The molecule has 0 aromatic heterocycles. The van der Waals surface area contributed by atoms with Crippen LogP contribution in [-0.4, -0.2) is 89.6 Å². The fourth-order valence-electron chi connectivity index (χ4n) is 5.25. The van der Waals surface area contributed by atoms with Crippen molar-refractivity contribution in [3.8, 4) is 0 Å². The summed E-state index contributed by atoms with van der Waals surface area (Å²) in [5.41, 5.74) is 0. The van der Waals surface area contributed by atoms with Crippen molar-refractivity contribution in [2.75, 3.05) is 26.4 Å². The van der Waals surface area contributed by atoms with Gasteiger partial charge in [0.15, 0.2) is 6.29 Å². The van der Waals surface area contributed by atoms with Crippen LogP contribution in [0.5, 0.6) is 0 Å². The molecule has 0 bridgehead atoms. The molecule has 9 heteroatoms. The largest absolute Gasteiger partial charge is 0.457 e. The quantitative estimate of drug-likeness (QED) is 0.0319. The number of hydrogen-bond donors (Lipinski definition) is 4. The third kappa shape index (κ3) is 25.4. The minimum atomic E-state index is -1.56. The summed E-state index contributed by atoms with van der Waals surface area (Å²) in [5.74, 6) is -0.449. The number of hydrogen-bond acceptors (Lipinski definition) is 9. The molecule has 9 nitrogen and oxygen atoms in total. The molecule has 0 aromatic rings. The summed E-state index contributed by atoms with van der Waals surface area (Å²) in [6.07, 6.45) is 37.7. The molecule has 6 unspecified atom stereocenters. The van der Waals surface area contributed by atoms with E-state index in [0.717, 1.165) is 64.2 Å². The van der Waals surface area contributed by atoms with E-state index in [0.29, 0.717) is 13.0 Å². The molecule has 0 spiro atoms. The molecule has 1 aliphatic heterocycles. The number of esters is 1. The highest BCUT2D eigenvalue weighted by molar-refractivity contribution is 5.71. The van der Waals surface area contributed by atoms with E-state index in [-0.39, 0.29) is 19.6 Å². The molecule has 296 valence electrons. The van der Waals surface area contributed by atoms with Crippen molar-refractivity contribution in [3.05, 3.63) is 85.1 Å². The number of ether oxygens (including phenoxy) is 4. The molecule has 0 saturated carbocycles. The van der Waals surface area contributed by atoms with Gasteiger partial charge in [0.2, 0.25) is 0 Å². The summed E-state index contributed by atoms with van der Waals surface area (Å²) in [4.78, 5) is 12.7. The monoisotopic (exact) mass is 731 g/mol. The Morgan fingerprint density at radius 1 is 0.635 bits per heavy atom. The lowest BCUT2D eigenvalue weighted by Gasteiger charge is -2.39. The summed E-state index contributed by atoms with van der Waals surface area (Å²) >= 11 is 0. The van der Waals surface area contributed by atoms with E-state index in [1.165, 1.54) is 25.7 Å². The molecule has 1 aliphatic rings. The number of carbonyl (C=O) groups is 1. The van der Waals surface area contributed by atoms with Crippen LogP contribution >= 0.6 is 0 Å². The second-order valence-electron chi connectivity index (χ2n) is 13.0. The van der Waals surface area contributed by atoms with Crippen molar-refractivity contribution < 1.29 is 44.2 Å². The van der Waals surface area contributed by atoms with Crippen molar-refractivity contribution in [2.45, 2.75) is 153 Å². The van der Waals surface area contributed by atoms with Gasteiger partial charge in [-0.15, -0.1) is 0 Å². The van der Waals surface area contributed by atoms with Crippen molar-refractivity contribution in [1.82, 2.24) is 0 Å². The van der Waals surface area contributed by atoms with E-state index in [1.807, 2.05) is 6.08 Å². The number of carbonyl (C=O) groups excluding carboxylic acids is 1. The Morgan fingerprint density at radius 2 is 1.17 bits per heavy atom. The minimum Gasteiger partial charge on any atom is -0.457 e. The first-order chi connectivity index (χ1) is 25.4. The Labute approximate surface area is 314 Å². The molecule has 52 heavy (non-hydrogen) atoms. The van der Waals surface area contributed by atoms with Crippen molar-refractivity contribution in [1.29, 1.82) is 0 Å². The van der Waals surface area contributed by atoms with Gasteiger partial charge in [-0.2, -0.15) is 0 Å². The average Bonchev–Trinajstić information content (AvgIpc) is 3.14. The third-order valence-corrected chi connectivity index (χ3v) is 8.31. The van der Waals surface area contributed by atoms with Gasteiger partial charge in [-0.05, 0) is 64.2 Å². The van der Waals surface area contributed by atoms with E-state index >= 15 is 0 Å². The molecule has 0 aromatic carbocycles. The second kappa shape index (κ2) is 34.2. The molecular weight excluding hydrogens is 660 g/mol. The molecule has 1 saturated heterocycles. The fraction of sp³-hybridized carbons (Fsp3) is 0.651. The Kier molecular flexibility index (Phi) is 31.1. The highest BCUT2D eigenvalue weighted by atomic mass is 16.7. The zero-order chi connectivity index (χ0) is 37.9. The molecule has 0 aliphatic carbocycles. The normalized spacial score (nSPS) is 22.2. The first-order valence-electron chi connectivity index (χ1n) is 19.7. The van der Waals surface area contributed by atoms with Crippen LogP contribution in [0.25, 0.3) is 0 Å².